The number of nitrogens with one attached hydrogen (secondary N) is 1. The third-order valence-corrected chi connectivity index (χ3v) is 2.43. The maximum atomic E-state index is 5.82. The SMILES string of the molecule is Cc1cc2c(cc1N)CCCN2. The summed E-state index contributed by atoms with van der Waals surface area (Å²) in [5.74, 6) is 0. The van der Waals surface area contributed by atoms with Crippen LogP contribution in [0.3, 0.4) is 0 Å². The molecule has 0 spiro atoms. The van der Waals surface area contributed by atoms with Gasteiger partial charge in [-0.15, -0.1) is 0 Å². The molecule has 1 aromatic carbocycles. The van der Waals surface area contributed by atoms with Crippen molar-refractivity contribution in [3.05, 3.63) is 23.3 Å². The van der Waals surface area contributed by atoms with Gasteiger partial charge in [0.05, 0.1) is 0 Å². The first-order valence-electron chi connectivity index (χ1n) is 4.40. The Balaban J connectivity index is 2.49. The van der Waals surface area contributed by atoms with E-state index in [4.69, 9.17) is 5.73 Å². The summed E-state index contributed by atoms with van der Waals surface area (Å²) in [6, 6.07) is 4.24. The van der Waals surface area contributed by atoms with Crippen molar-refractivity contribution >= 4 is 11.4 Å². The van der Waals surface area contributed by atoms with Gasteiger partial charge in [-0.1, -0.05) is 0 Å². The number of benzene rings is 1. The minimum atomic E-state index is 0.914. The van der Waals surface area contributed by atoms with Crippen LogP contribution in [0.1, 0.15) is 17.5 Å². The van der Waals surface area contributed by atoms with E-state index in [9.17, 15) is 0 Å². The normalized spacial score (nSPS) is 15.1. The summed E-state index contributed by atoms with van der Waals surface area (Å²) in [5.41, 5.74) is 10.5. The van der Waals surface area contributed by atoms with Gasteiger partial charge >= 0.3 is 0 Å². The first-order valence-corrected chi connectivity index (χ1v) is 4.40. The van der Waals surface area contributed by atoms with Gasteiger partial charge < -0.3 is 11.1 Å². The number of nitrogen functional groups attached to an aromatic ring is 1. The van der Waals surface area contributed by atoms with Crippen molar-refractivity contribution in [2.75, 3.05) is 17.6 Å². The van der Waals surface area contributed by atoms with Gasteiger partial charge in [0.2, 0.25) is 0 Å². The summed E-state index contributed by atoms with van der Waals surface area (Å²) in [6.45, 7) is 3.14. The second-order valence-electron chi connectivity index (χ2n) is 3.40. The second kappa shape index (κ2) is 2.70. The first kappa shape index (κ1) is 7.47. The Morgan fingerprint density at radius 3 is 3.08 bits per heavy atom. The number of nitrogens with two attached hydrogens (primary N) is 1. The summed E-state index contributed by atoms with van der Waals surface area (Å²) < 4.78 is 0. The monoisotopic (exact) mass is 162 g/mol. The van der Waals surface area contributed by atoms with Crippen molar-refractivity contribution in [2.24, 2.45) is 0 Å². The van der Waals surface area contributed by atoms with Crippen LogP contribution >= 0.6 is 0 Å². The standard InChI is InChI=1S/C10H14N2/c1-7-5-10-8(6-9(7)11)3-2-4-12-10/h5-6,12H,2-4,11H2,1H3. The van der Waals surface area contributed by atoms with E-state index in [1.807, 2.05) is 6.92 Å². The topological polar surface area (TPSA) is 38.0 Å². The fraction of sp³-hybridized carbons (Fsp3) is 0.400. The van der Waals surface area contributed by atoms with Crippen LogP contribution in [-0.4, -0.2) is 6.54 Å². The molecule has 2 nitrogen and oxygen atoms in total. The molecule has 0 amide bonds. The van der Waals surface area contributed by atoms with Crippen LogP contribution in [0.25, 0.3) is 0 Å². The number of rotatable bonds is 0. The lowest BCUT2D eigenvalue weighted by atomic mass is 10.0. The van der Waals surface area contributed by atoms with E-state index in [0.717, 1.165) is 18.7 Å². The fourth-order valence-corrected chi connectivity index (χ4v) is 1.65. The van der Waals surface area contributed by atoms with E-state index in [1.165, 1.54) is 23.2 Å². The zero-order valence-electron chi connectivity index (χ0n) is 7.35. The van der Waals surface area contributed by atoms with Crippen molar-refractivity contribution in [3.63, 3.8) is 0 Å². The highest BCUT2D eigenvalue weighted by molar-refractivity contribution is 5.63. The van der Waals surface area contributed by atoms with E-state index in [-0.39, 0.29) is 0 Å². The maximum Gasteiger partial charge on any atom is 0.0376 e. The molecule has 1 aliphatic heterocycles. The van der Waals surface area contributed by atoms with E-state index in [2.05, 4.69) is 17.4 Å². The molecule has 0 unspecified atom stereocenters. The van der Waals surface area contributed by atoms with Crippen molar-refractivity contribution in [3.8, 4) is 0 Å². The Hall–Kier alpha value is -1.18. The quantitative estimate of drug-likeness (QED) is 0.572. The molecule has 2 rings (SSSR count). The number of fused-ring (bicyclic) bond motifs is 1. The van der Waals surface area contributed by atoms with Crippen molar-refractivity contribution in [2.45, 2.75) is 19.8 Å². The Bertz CT molecular complexity index is 274. The van der Waals surface area contributed by atoms with E-state index in [1.54, 1.807) is 0 Å². The number of anilines is 2. The van der Waals surface area contributed by atoms with Crippen LogP contribution in [0, 0.1) is 6.92 Å². The molecule has 0 aliphatic carbocycles. The van der Waals surface area contributed by atoms with Crippen molar-refractivity contribution < 1.29 is 0 Å². The third kappa shape index (κ3) is 1.13. The van der Waals surface area contributed by atoms with Gasteiger partial charge in [0, 0.05) is 17.9 Å². The minimum absolute atomic E-state index is 0.914. The van der Waals surface area contributed by atoms with E-state index in [0.29, 0.717) is 0 Å². The van der Waals surface area contributed by atoms with E-state index < -0.39 is 0 Å². The number of hydrogen-bond donors (Lipinski definition) is 2. The molecule has 1 aliphatic rings. The molecule has 2 heteroatoms. The zero-order valence-corrected chi connectivity index (χ0v) is 7.35. The number of hydrogen-bond acceptors (Lipinski definition) is 2. The first-order chi connectivity index (χ1) is 5.77. The molecule has 0 atom stereocenters. The third-order valence-electron chi connectivity index (χ3n) is 2.43. The molecule has 0 fully saturated rings. The van der Waals surface area contributed by atoms with Crippen LogP contribution in [0.5, 0.6) is 0 Å². The summed E-state index contributed by atoms with van der Waals surface area (Å²) in [5, 5.41) is 3.38. The molecular weight excluding hydrogens is 148 g/mol. The predicted octanol–water partition coefficient (Wildman–Crippen LogP) is 1.94. The second-order valence-corrected chi connectivity index (χ2v) is 3.40. The van der Waals surface area contributed by atoms with Gasteiger partial charge in [0.15, 0.2) is 0 Å². The van der Waals surface area contributed by atoms with Gasteiger partial charge in [0.1, 0.15) is 0 Å². The van der Waals surface area contributed by atoms with E-state index >= 15 is 0 Å². The van der Waals surface area contributed by atoms with Crippen molar-refractivity contribution in [1.29, 1.82) is 0 Å². The number of aryl methyl sites for hydroxylation is 2. The largest absolute Gasteiger partial charge is 0.399 e. The lowest BCUT2D eigenvalue weighted by molar-refractivity contribution is 0.830. The highest BCUT2D eigenvalue weighted by Crippen LogP contribution is 2.26. The molecular formula is C10H14N2. The van der Waals surface area contributed by atoms with Gasteiger partial charge in [-0.3, -0.25) is 0 Å². The lowest BCUT2D eigenvalue weighted by Gasteiger charge is -2.19. The average molecular weight is 162 g/mol. The molecule has 0 radical (unpaired) electrons. The molecule has 12 heavy (non-hydrogen) atoms. The van der Waals surface area contributed by atoms with Crippen LogP contribution in [0.15, 0.2) is 12.1 Å². The highest BCUT2D eigenvalue weighted by Gasteiger charge is 2.09. The van der Waals surface area contributed by atoms with Gasteiger partial charge in [0.25, 0.3) is 0 Å². The molecule has 0 saturated heterocycles. The fourth-order valence-electron chi connectivity index (χ4n) is 1.65. The molecule has 1 heterocycles. The van der Waals surface area contributed by atoms with Gasteiger partial charge in [-0.05, 0) is 43.0 Å². The molecule has 0 saturated carbocycles. The Morgan fingerprint density at radius 1 is 1.42 bits per heavy atom. The van der Waals surface area contributed by atoms with Crippen LogP contribution in [0.4, 0.5) is 11.4 Å². The molecule has 1 aromatic rings. The van der Waals surface area contributed by atoms with Gasteiger partial charge in [-0.2, -0.15) is 0 Å². The minimum Gasteiger partial charge on any atom is -0.399 e. The Kier molecular flexibility index (Phi) is 1.68. The van der Waals surface area contributed by atoms with Crippen LogP contribution in [-0.2, 0) is 6.42 Å². The predicted molar refractivity (Wildman–Crippen MR) is 52.4 cm³/mol. The molecule has 0 aromatic heterocycles. The highest BCUT2D eigenvalue weighted by atomic mass is 14.9. The van der Waals surface area contributed by atoms with Crippen molar-refractivity contribution in [1.82, 2.24) is 0 Å². The lowest BCUT2D eigenvalue weighted by Crippen LogP contribution is -2.12. The molecule has 0 bridgehead atoms. The van der Waals surface area contributed by atoms with Crippen LogP contribution < -0.4 is 11.1 Å². The summed E-state index contributed by atoms with van der Waals surface area (Å²) in [6.07, 6.45) is 2.38. The summed E-state index contributed by atoms with van der Waals surface area (Å²) in [7, 11) is 0. The molecule has 64 valence electrons. The zero-order chi connectivity index (χ0) is 8.55. The summed E-state index contributed by atoms with van der Waals surface area (Å²) >= 11 is 0. The van der Waals surface area contributed by atoms with Gasteiger partial charge in [-0.25, -0.2) is 0 Å². The average Bonchev–Trinajstić information content (AvgIpc) is 2.07. The maximum absolute atomic E-state index is 5.82. The van der Waals surface area contributed by atoms with Crippen LogP contribution in [0.2, 0.25) is 0 Å². The molecule has 3 N–H and O–H groups in total. The Morgan fingerprint density at radius 2 is 2.25 bits per heavy atom. The smallest absolute Gasteiger partial charge is 0.0376 e. The summed E-state index contributed by atoms with van der Waals surface area (Å²) in [4.78, 5) is 0. The Labute approximate surface area is 72.8 Å².